The molecule has 21 heavy (non-hydrogen) atoms. The topological polar surface area (TPSA) is 17.8 Å². The number of thioether (sulfide) groups is 1. The maximum absolute atomic E-state index is 5.08. The zero-order valence-corrected chi connectivity index (χ0v) is 14.4. The van der Waals surface area contributed by atoms with Gasteiger partial charge in [-0.25, -0.2) is 4.98 Å². The summed E-state index contributed by atoms with van der Waals surface area (Å²) < 4.78 is 2.32. The van der Waals surface area contributed by atoms with Crippen LogP contribution >= 0.6 is 11.8 Å². The zero-order valence-electron chi connectivity index (χ0n) is 13.6. The first-order valence-electron chi connectivity index (χ1n) is 7.54. The van der Waals surface area contributed by atoms with Crippen LogP contribution in [0.2, 0.25) is 0 Å². The molecule has 0 fully saturated rings. The number of nitrogens with zero attached hydrogens (tertiary/aromatic N) is 2. The van der Waals surface area contributed by atoms with Crippen LogP contribution < -0.4 is 0 Å². The smallest absolute Gasteiger partial charge is 0.140 e. The fourth-order valence-corrected chi connectivity index (χ4v) is 4.68. The molecule has 3 heteroatoms. The second kappa shape index (κ2) is 4.91. The van der Waals surface area contributed by atoms with Gasteiger partial charge in [-0.05, 0) is 0 Å². The van der Waals surface area contributed by atoms with E-state index in [1.165, 1.54) is 17.0 Å². The Morgan fingerprint density at radius 3 is 2.29 bits per heavy atom. The lowest BCUT2D eigenvalue weighted by Crippen LogP contribution is -2.26. The highest BCUT2D eigenvalue weighted by Gasteiger charge is 2.39. The largest absolute Gasteiger partial charge is 0.330 e. The van der Waals surface area contributed by atoms with Crippen molar-refractivity contribution in [2.24, 2.45) is 7.05 Å². The Labute approximate surface area is 132 Å². The monoisotopic (exact) mass is 300 g/mol. The molecule has 2 aromatic rings. The molecule has 1 aromatic carbocycles. The van der Waals surface area contributed by atoms with Gasteiger partial charge in [0.15, 0.2) is 0 Å². The van der Waals surface area contributed by atoms with Crippen LogP contribution in [0.25, 0.3) is 11.4 Å². The average Bonchev–Trinajstić information content (AvgIpc) is 2.74. The molecule has 0 bridgehead atoms. The van der Waals surface area contributed by atoms with Gasteiger partial charge in [0.25, 0.3) is 0 Å². The summed E-state index contributed by atoms with van der Waals surface area (Å²) in [6, 6.07) is 10.5. The van der Waals surface area contributed by atoms with Crippen molar-refractivity contribution in [2.75, 3.05) is 11.5 Å². The Balaban J connectivity index is 2.25. The van der Waals surface area contributed by atoms with Gasteiger partial charge in [0.05, 0.1) is 5.69 Å². The summed E-state index contributed by atoms with van der Waals surface area (Å²) in [6.45, 7) is 9.33. The van der Waals surface area contributed by atoms with E-state index in [2.05, 4.69) is 69.6 Å². The highest BCUT2D eigenvalue weighted by Crippen LogP contribution is 2.43. The van der Waals surface area contributed by atoms with E-state index in [1.54, 1.807) is 0 Å². The van der Waals surface area contributed by atoms with Gasteiger partial charge in [-0.3, -0.25) is 0 Å². The van der Waals surface area contributed by atoms with E-state index in [0.717, 1.165) is 17.3 Å². The van der Waals surface area contributed by atoms with E-state index in [-0.39, 0.29) is 10.8 Å². The van der Waals surface area contributed by atoms with Gasteiger partial charge in [-0.2, -0.15) is 11.8 Å². The van der Waals surface area contributed by atoms with Gasteiger partial charge in [-0.15, -0.1) is 0 Å². The molecule has 1 aliphatic heterocycles. The summed E-state index contributed by atoms with van der Waals surface area (Å²) in [7, 11) is 2.17. The van der Waals surface area contributed by atoms with Crippen LogP contribution in [0.3, 0.4) is 0 Å². The van der Waals surface area contributed by atoms with Gasteiger partial charge in [0.2, 0.25) is 0 Å². The number of imidazole rings is 1. The van der Waals surface area contributed by atoms with Gasteiger partial charge in [0.1, 0.15) is 5.82 Å². The summed E-state index contributed by atoms with van der Waals surface area (Å²) in [5, 5.41) is 0. The highest BCUT2D eigenvalue weighted by atomic mass is 32.2. The number of aromatic nitrogens is 2. The molecular weight excluding hydrogens is 276 g/mol. The molecule has 0 unspecified atom stereocenters. The third kappa shape index (κ3) is 2.42. The molecule has 0 atom stereocenters. The van der Waals surface area contributed by atoms with E-state index < -0.39 is 0 Å². The van der Waals surface area contributed by atoms with Crippen molar-refractivity contribution in [3.63, 3.8) is 0 Å². The second-order valence-electron chi connectivity index (χ2n) is 7.32. The summed E-state index contributed by atoms with van der Waals surface area (Å²) in [4.78, 5) is 5.08. The van der Waals surface area contributed by atoms with Gasteiger partial charge >= 0.3 is 0 Å². The molecule has 3 rings (SSSR count). The summed E-state index contributed by atoms with van der Waals surface area (Å²) in [5.41, 5.74) is 4.16. The van der Waals surface area contributed by atoms with Gasteiger partial charge < -0.3 is 4.57 Å². The number of rotatable bonds is 1. The molecule has 1 aliphatic rings. The van der Waals surface area contributed by atoms with Crippen molar-refractivity contribution in [2.45, 2.75) is 38.5 Å². The molecule has 0 amide bonds. The average molecular weight is 300 g/mol. The minimum absolute atomic E-state index is 0.124. The van der Waals surface area contributed by atoms with Crippen LogP contribution in [0, 0.1) is 0 Å². The minimum Gasteiger partial charge on any atom is -0.330 e. The van der Waals surface area contributed by atoms with Crippen LogP contribution in [0.15, 0.2) is 30.3 Å². The lowest BCUT2D eigenvalue weighted by molar-refractivity contribution is 0.520. The summed E-state index contributed by atoms with van der Waals surface area (Å²) in [5.74, 6) is 3.37. The Morgan fingerprint density at radius 1 is 1.00 bits per heavy atom. The van der Waals surface area contributed by atoms with E-state index in [4.69, 9.17) is 4.98 Å². The van der Waals surface area contributed by atoms with Crippen molar-refractivity contribution < 1.29 is 0 Å². The highest BCUT2D eigenvalue weighted by molar-refractivity contribution is 7.99. The van der Waals surface area contributed by atoms with E-state index in [9.17, 15) is 0 Å². The Kier molecular flexibility index (Phi) is 3.44. The molecule has 0 N–H and O–H groups in total. The van der Waals surface area contributed by atoms with Crippen molar-refractivity contribution >= 4 is 11.8 Å². The van der Waals surface area contributed by atoms with Gasteiger partial charge in [0, 0.05) is 40.6 Å². The molecule has 1 aromatic heterocycles. The van der Waals surface area contributed by atoms with E-state index in [0.29, 0.717) is 0 Å². The predicted octanol–water partition coefficient (Wildman–Crippen LogP) is 4.39. The standard InChI is InChI=1S/C18H24N2S/c1-17(2)11-21-12-18(3,4)15-14(17)19-16(20(15)5)13-9-7-6-8-10-13/h6-10H,11-12H2,1-5H3. The maximum Gasteiger partial charge on any atom is 0.140 e. The number of fused-ring (bicyclic) bond motifs is 1. The molecule has 0 saturated carbocycles. The van der Waals surface area contributed by atoms with Crippen LogP contribution in [-0.4, -0.2) is 21.1 Å². The zero-order chi connectivity index (χ0) is 15.3. The molecule has 0 spiro atoms. The molecule has 0 saturated heterocycles. The first kappa shape index (κ1) is 14.7. The van der Waals surface area contributed by atoms with E-state index in [1.807, 2.05) is 11.8 Å². The Morgan fingerprint density at radius 2 is 1.62 bits per heavy atom. The lowest BCUT2D eigenvalue weighted by atomic mass is 9.82. The number of hydrogen-bond acceptors (Lipinski definition) is 2. The molecule has 2 heterocycles. The molecule has 2 nitrogen and oxygen atoms in total. The molecule has 0 aliphatic carbocycles. The van der Waals surface area contributed by atoms with Crippen LogP contribution in [0.1, 0.15) is 39.1 Å². The quantitative estimate of drug-likeness (QED) is 0.777. The maximum atomic E-state index is 5.08. The number of hydrogen-bond donors (Lipinski definition) is 0. The van der Waals surface area contributed by atoms with Crippen LogP contribution in [-0.2, 0) is 17.9 Å². The third-order valence-corrected chi connectivity index (χ3v) is 6.19. The normalized spacial score (nSPS) is 19.9. The molecule has 112 valence electrons. The fourth-order valence-electron chi connectivity index (χ4n) is 3.29. The Bertz CT molecular complexity index is 653. The number of benzene rings is 1. The predicted molar refractivity (Wildman–Crippen MR) is 92.0 cm³/mol. The first-order chi connectivity index (χ1) is 9.83. The third-order valence-electron chi connectivity index (χ3n) is 4.34. The van der Waals surface area contributed by atoms with Crippen molar-refractivity contribution in [1.29, 1.82) is 0 Å². The van der Waals surface area contributed by atoms with Crippen LogP contribution in [0.5, 0.6) is 0 Å². The summed E-state index contributed by atoms with van der Waals surface area (Å²) in [6.07, 6.45) is 0. The minimum atomic E-state index is 0.124. The van der Waals surface area contributed by atoms with E-state index >= 15 is 0 Å². The molecular formula is C18H24N2S. The van der Waals surface area contributed by atoms with Crippen molar-refractivity contribution in [3.05, 3.63) is 41.7 Å². The SMILES string of the molecule is Cn1c(-c2ccccc2)nc2c1C(C)(C)CSCC2(C)C. The summed E-state index contributed by atoms with van der Waals surface area (Å²) >= 11 is 2.05. The van der Waals surface area contributed by atoms with Crippen LogP contribution in [0.4, 0.5) is 0 Å². The first-order valence-corrected chi connectivity index (χ1v) is 8.69. The lowest BCUT2D eigenvalue weighted by Gasteiger charge is -2.26. The second-order valence-corrected chi connectivity index (χ2v) is 8.30. The fraction of sp³-hybridized carbons (Fsp3) is 0.500. The van der Waals surface area contributed by atoms with Crippen molar-refractivity contribution in [3.8, 4) is 11.4 Å². The Hall–Kier alpha value is -1.22. The van der Waals surface area contributed by atoms with Crippen molar-refractivity contribution in [1.82, 2.24) is 9.55 Å². The van der Waals surface area contributed by atoms with Gasteiger partial charge in [-0.1, -0.05) is 58.0 Å². The molecule has 0 radical (unpaired) electrons.